The van der Waals surface area contributed by atoms with E-state index in [0.717, 1.165) is 0 Å². The third-order valence-corrected chi connectivity index (χ3v) is 1.30. The van der Waals surface area contributed by atoms with Crippen LogP contribution in [0.1, 0.15) is 6.42 Å². The van der Waals surface area contributed by atoms with Crippen LogP contribution in [0.3, 0.4) is 0 Å². The number of halogens is 1. The highest BCUT2D eigenvalue weighted by Gasteiger charge is 2.17. The van der Waals surface area contributed by atoms with Gasteiger partial charge >= 0.3 is 5.97 Å². The lowest BCUT2D eigenvalue weighted by atomic mass is 10.1. The van der Waals surface area contributed by atoms with Crippen LogP contribution in [-0.4, -0.2) is 35.8 Å². The molecular weight excluding hydrogens is 179 g/mol. The maximum atomic E-state index is 12.8. The minimum absolute atomic E-state index is 0.230. The average molecular weight is 192 g/mol. The molecule has 0 aromatic carbocycles. The van der Waals surface area contributed by atoms with E-state index < -0.39 is 18.2 Å². The van der Waals surface area contributed by atoms with Crippen molar-refractivity contribution in [1.82, 2.24) is 0 Å². The van der Waals surface area contributed by atoms with E-state index in [-0.39, 0.29) is 18.9 Å². The SMILES string of the molecule is NC(N)=NC[C@H](F)C[C@H](N)C(=O)O. The van der Waals surface area contributed by atoms with Gasteiger partial charge in [0.15, 0.2) is 5.96 Å². The molecule has 0 aromatic rings. The van der Waals surface area contributed by atoms with Gasteiger partial charge in [0, 0.05) is 6.42 Å². The largest absolute Gasteiger partial charge is 0.480 e. The van der Waals surface area contributed by atoms with Crippen LogP contribution < -0.4 is 17.2 Å². The number of carboxylic acid groups (broad SMARTS) is 1. The van der Waals surface area contributed by atoms with Crippen molar-refractivity contribution in [3.05, 3.63) is 0 Å². The highest BCUT2D eigenvalue weighted by Crippen LogP contribution is 2.01. The topological polar surface area (TPSA) is 128 Å². The van der Waals surface area contributed by atoms with Gasteiger partial charge in [0.25, 0.3) is 0 Å². The zero-order chi connectivity index (χ0) is 10.4. The predicted molar refractivity (Wildman–Crippen MR) is 45.8 cm³/mol. The summed E-state index contributed by atoms with van der Waals surface area (Å²) in [5.74, 6) is -1.47. The lowest BCUT2D eigenvalue weighted by Gasteiger charge is -2.08. The lowest BCUT2D eigenvalue weighted by molar-refractivity contribution is -0.139. The Balaban J connectivity index is 3.80. The number of aliphatic imine (C=N–C) groups is 1. The van der Waals surface area contributed by atoms with Gasteiger partial charge in [-0.3, -0.25) is 9.79 Å². The molecule has 0 amide bonds. The standard InChI is InChI=1S/C6H13FN4O2/c7-3(2-11-6(9)10)1-4(8)5(12)13/h3-4H,1-2,8H2,(H,12,13)(H4,9,10,11)/t3-,4+/m1/s1. The summed E-state index contributed by atoms with van der Waals surface area (Å²) in [6.45, 7) is -0.261. The molecule has 2 atom stereocenters. The van der Waals surface area contributed by atoms with Crippen LogP contribution in [0.4, 0.5) is 4.39 Å². The molecule has 0 heterocycles. The van der Waals surface area contributed by atoms with Gasteiger partial charge in [-0.2, -0.15) is 0 Å². The number of alkyl halides is 1. The van der Waals surface area contributed by atoms with E-state index in [2.05, 4.69) is 4.99 Å². The quantitative estimate of drug-likeness (QED) is 0.308. The molecular formula is C6H13FN4O2. The Kier molecular flexibility index (Phi) is 4.75. The van der Waals surface area contributed by atoms with Gasteiger partial charge in [0.2, 0.25) is 0 Å². The van der Waals surface area contributed by atoms with Crippen molar-refractivity contribution in [2.45, 2.75) is 18.6 Å². The maximum Gasteiger partial charge on any atom is 0.320 e. The summed E-state index contributed by atoms with van der Waals surface area (Å²) in [6.07, 6.45) is -1.74. The number of rotatable bonds is 5. The number of guanidine groups is 1. The molecule has 6 nitrogen and oxygen atoms in total. The van der Waals surface area contributed by atoms with Gasteiger partial charge in [-0.05, 0) is 0 Å². The Morgan fingerprint density at radius 2 is 2.08 bits per heavy atom. The number of hydrogen-bond donors (Lipinski definition) is 4. The third kappa shape index (κ3) is 5.85. The minimum Gasteiger partial charge on any atom is -0.480 e. The van der Waals surface area contributed by atoms with Crippen LogP contribution in [0.25, 0.3) is 0 Å². The molecule has 0 spiro atoms. The lowest BCUT2D eigenvalue weighted by Crippen LogP contribution is -2.34. The van der Waals surface area contributed by atoms with Crippen molar-refractivity contribution in [3.8, 4) is 0 Å². The molecule has 0 saturated heterocycles. The van der Waals surface area contributed by atoms with Crippen LogP contribution in [0.5, 0.6) is 0 Å². The smallest absolute Gasteiger partial charge is 0.320 e. The highest BCUT2D eigenvalue weighted by atomic mass is 19.1. The fourth-order valence-electron chi connectivity index (χ4n) is 0.655. The van der Waals surface area contributed by atoms with E-state index in [1.54, 1.807) is 0 Å². The Morgan fingerprint density at radius 1 is 1.54 bits per heavy atom. The summed E-state index contributed by atoms with van der Waals surface area (Å²) < 4.78 is 12.8. The number of carbonyl (C=O) groups is 1. The first-order valence-corrected chi connectivity index (χ1v) is 3.61. The van der Waals surface area contributed by atoms with E-state index in [0.29, 0.717) is 0 Å². The number of nitrogens with two attached hydrogens (primary N) is 3. The van der Waals surface area contributed by atoms with E-state index in [1.807, 2.05) is 0 Å². The molecule has 0 aliphatic heterocycles. The van der Waals surface area contributed by atoms with Gasteiger partial charge < -0.3 is 22.3 Å². The second-order valence-electron chi connectivity index (χ2n) is 2.54. The fourth-order valence-corrected chi connectivity index (χ4v) is 0.655. The van der Waals surface area contributed by atoms with Gasteiger partial charge in [-0.25, -0.2) is 4.39 Å². The van der Waals surface area contributed by atoms with Gasteiger partial charge in [-0.15, -0.1) is 0 Å². The van der Waals surface area contributed by atoms with Crippen molar-refractivity contribution in [2.75, 3.05) is 6.54 Å². The molecule has 7 heteroatoms. The summed E-state index contributed by atoms with van der Waals surface area (Å²) in [5.41, 5.74) is 15.0. The molecule has 0 rings (SSSR count). The molecule has 0 aliphatic rings. The second-order valence-corrected chi connectivity index (χ2v) is 2.54. The van der Waals surface area contributed by atoms with Crippen molar-refractivity contribution in [1.29, 1.82) is 0 Å². The first kappa shape index (κ1) is 11.6. The van der Waals surface area contributed by atoms with Crippen LogP contribution in [0, 0.1) is 0 Å². The monoisotopic (exact) mass is 192 g/mol. The van der Waals surface area contributed by atoms with E-state index in [9.17, 15) is 9.18 Å². The van der Waals surface area contributed by atoms with E-state index >= 15 is 0 Å². The molecule has 0 unspecified atom stereocenters. The van der Waals surface area contributed by atoms with Crippen molar-refractivity contribution in [2.24, 2.45) is 22.2 Å². The minimum atomic E-state index is -1.44. The first-order chi connectivity index (χ1) is 5.93. The van der Waals surface area contributed by atoms with Crippen LogP contribution in [0.2, 0.25) is 0 Å². The number of hydrogen-bond acceptors (Lipinski definition) is 3. The number of aliphatic carboxylic acids is 1. The van der Waals surface area contributed by atoms with Crippen LogP contribution >= 0.6 is 0 Å². The first-order valence-electron chi connectivity index (χ1n) is 3.61. The second kappa shape index (κ2) is 5.31. The molecule has 0 aliphatic carbocycles. The molecule has 0 radical (unpaired) electrons. The molecule has 0 saturated carbocycles. The Morgan fingerprint density at radius 3 is 2.46 bits per heavy atom. The third-order valence-electron chi connectivity index (χ3n) is 1.30. The Labute approximate surface area is 74.6 Å². The van der Waals surface area contributed by atoms with Crippen LogP contribution in [-0.2, 0) is 4.79 Å². The van der Waals surface area contributed by atoms with Gasteiger partial charge in [0.05, 0.1) is 6.54 Å². The van der Waals surface area contributed by atoms with Gasteiger partial charge in [0.1, 0.15) is 12.2 Å². The summed E-state index contributed by atoms with van der Waals surface area (Å²) in [4.78, 5) is 13.6. The summed E-state index contributed by atoms with van der Waals surface area (Å²) in [6, 6.07) is -1.22. The average Bonchev–Trinajstić information content (AvgIpc) is 2.00. The normalized spacial score (nSPS) is 14.6. The zero-order valence-corrected chi connectivity index (χ0v) is 6.98. The highest BCUT2D eigenvalue weighted by molar-refractivity contribution is 5.75. The Hall–Kier alpha value is -1.37. The zero-order valence-electron chi connectivity index (χ0n) is 6.98. The molecule has 0 aromatic heterocycles. The summed E-state index contributed by atoms with van der Waals surface area (Å²) in [7, 11) is 0. The van der Waals surface area contributed by atoms with Crippen molar-refractivity contribution >= 4 is 11.9 Å². The Bertz CT molecular complexity index is 205. The van der Waals surface area contributed by atoms with E-state index in [1.165, 1.54) is 0 Å². The molecule has 7 N–H and O–H groups in total. The number of carboxylic acids is 1. The summed E-state index contributed by atoms with van der Waals surface area (Å²) >= 11 is 0. The van der Waals surface area contributed by atoms with Gasteiger partial charge in [-0.1, -0.05) is 0 Å². The van der Waals surface area contributed by atoms with Crippen molar-refractivity contribution < 1.29 is 14.3 Å². The summed E-state index contributed by atoms with van der Waals surface area (Å²) in [5, 5.41) is 8.33. The molecule has 13 heavy (non-hydrogen) atoms. The maximum absolute atomic E-state index is 12.8. The van der Waals surface area contributed by atoms with E-state index in [4.69, 9.17) is 22.3 Å². The molecule has 0 bridgehead atoms. The predicted octanol–water partition coefficient (Wildman–Crippen LogP) is -1.60. The fraction of sp³-hybridized carbons (Fsp3) is 0.667. The molecule has 76 valence electrons. The molecule has 0 fully saturated rings. The van der Waals surface area contributed by atoms with Crippen LogP contribution in [0.15, 0.2) is 4.99 Å². The number of nitrogens with zero attached hydrogens (tertiary/aromatic N) is 1. The van der Waals surface area contributed by atoms with Crippen molar-refractivity contribution in [3.63, 3.8) is 0 Å².